The average Bonchev–Trinajstić information content (AvgIpc) is 3.45. The van der Waals surface area contributed by atoms with Crippen LogP contribution in [0.2, 0.25) is 0 Å². The van der Waals surface area contributed by atoms with Crippen LogP contribution in [0.25, 0.3) is 21.9 Å². The fraction of sp³-hybridized carbons (Fsp3) is 0.200. The van der Waals surface area contributed by atoms with Crippen molar-refractivity contribution in [3.8, 4) is 17.2 Å². The van der Waals surface area contributed by atoms with Crippen molar-refractivity contribution in [1.82, 2.24) is 9.97 Å². The van der Waals surface area contributed by atoms with E-state index in [0.29, 0.717) is 17.9 Å². The van der Waals surface area contributed by atoms with Crippen LogP contribution in [0.4, 0.5) is 11.5 Å². The molecule has 2 heterocycles. The van der Waals surface area contributed by atoms with Gasteiger partial charge in [0.05, 0.1) is 17.9 Å². The first kappa shape index (κ1) is 16.0. The molecule has 2 aromatic heterocycles. The number of amides is 1. The molecule has 1 aromatic carbocycles. The first-order valence-corrected chi connectivity index (χ1v) is 8.38. The quantitative estimate of drug-likeness (QED) is 0.710. The summed E-state index contributed by atoms with van der Waals surface area (Å²) in [5, 5.41) is 13.4. The second-order valence-electron chi connectivity index (χ2n) is 6.56. The third-order valence-electron chi connectivity index (χ3n) is 4.85. The highest BCUT2D eigenvalue weighted by atomic mass is 16.2. The van der Waals surface area contributed by atoms with E-state index in [9.17, 15) is 4.79 Å². The van der Waals surface area contributed by atoms with Crippen LogP contribution in [0.15, 0.2) is 42.9 Å². The van der Waals surface area contributed by atoms with E-state index in [4.69, 9.17) is 11.0 Å². The van der Waals surface area contributed by atoms with Crippen molar-refractivity contribution in [2.75, 3.05) is 11.1 Å². The van der Waals surface area contributed by atoms with Gasteiger partial charge in [-0.3, -0.25) is 9.78 Å². The van der Waals surface area contributed by atoms with Gasteiger partial charge in [-0.05, 0) is 48.1 Å². The number of pyridine rings is 2. The number of nitrogens with two attached hydrogens (primary N) is 1. The maximum atomic E-state index is 12.2. The highest BCUT2D eigenvalue weighted by Gasteiger charge is 2.43. The highest BCUT2D eigenvalue weighted by molar-refractivity contribution is 6.01. The maximum absolute atomic E-state index is 12.2. The van der Waals surface area contributed by atoms with E-state index >= 15 is 0 Å². The molecular weight excluding hydrogens is 326 g/mol. The average molecular weight is 343 g/mol. The Balaban J connectivity index is 1.72. The summed E-state index contributed by atoms with van der Waals surface area (Å²) in [7, 11) is 0. The van der Waals surface area contributed by atoms with Crippen LogP contribution in [-0.4, -0.2) is 15.9 Å². The summed E-state index contributed by atoms with van der Waals surface area (Å²) in [4.78, 5) is 20.6. The number of hydrogen-bond donors (Lipinski definition) is 2. The SMILES string of the molecule is Cc1c(-c2cccnc2)cc2cc(NC(=O)C3CC3C#N)ncc2c1N. The molecule has 4 rings (SSSR count). The van der Waals surface area contributed by atoms with E-state index in [0.717, 1.165) is 27.5 Å². The van der Waals surface area contributed by atoms with E-state index in [1.165, 1.54) is 0 Å². The number of nitriles is 1. The minimum atomic E-state index is -0.230. The number of aromatic nitrogens is 2. The van der Waals surface area contributed by atoms with Crippen molar-refractivity contribution in [2.45, 2.75) is 13.3 Å². The summed E-state index contributed by atoms with van der Waals surface area (Å²) in [5.41, 5.74) is 9.94. The van der Waals surface area contributed by atoms with Gasteiger partial charge >= 0.3 is 0 Å². The van der Waals surface area contributed by atoms with Crippen molar-refractivity contribution in [3.05, 3.63) is 48.4 Å². The van der Waals surface area contributed by atoms with Crippen LogP contribution in [0.3, 0.4) is 0 Å². The third-order valence-corrected chi connectivity index (χ3v) is 4.85. The fourth-order valence-electron chi connectivity index (χ4n) is 3.16. The summed E-state index contributed by atoms with van der Waals surface area (Å²) in [5.74, 6) is -0.0973. The fourth-order valence-corrected chi connectivity index (χ4v) is 3.16. The molecular formula is C20H17N5O. The summed E-state index contributed by atoms with van der Waals surface area (Å²) >= 11 is 0. The van der Waals surface area contributed by atoms with Crippen LogP contribution in [-0.2, 0) is 4.79 Å². The zero-order chi connectivity index (χ0) is 18.3. The summed E-state index contributed by atoms with van der Waals surface area (Å²) < 4.78 is 0. The summed E-state index contributed by atoms with van der Waals surface area (Å²) in [6.45, 7) is 1.97. The van der Waals surface area contributed by atoms with E-state index in [-0.39, 0.29) is 17.7 Å². The molecule has 1 aliphatic rings. The van der Waals surface area contributed by atoms with Crippen LogP contribution < -0.4 is 11.1 Å². The highest BCUT2D eigenvalue weighted by Crippen LogP contribution is 2.39. The van der Waals surface area contributed by atoms with E-state index in [2.05, 4.69) is 21.4 Å². The molecule has 1 aliphatic carbocycles. The zero-order valence-electron chi connectivity index (χ0n) is 14.2. The van der Waals surface area contributed by atoms with Crippen molar-refractivity contribution in [3.63, 3.8) is 0 Å². The third kappa shape index (κ3) is 2.74. The molecule has 0 spiro atoms. The monoisotopic (exact) mass is 343 g/mol. The predicted octanol–water partition coefficient (Wildman–Crippen LogP) is 3.29. The number of carbonyl (C=O) groups is 1. The van der Waals surface area contributed by atoms with Crippen molar-refractivity contribution in [2.24, 2.45) is 11.8 Å². The van der Waals surface area contributed by atoms with Gasteiger partial charge in [0, 0.05) is 35.2 Å². The number of anilines is 2. The Kier molecular flexibility index (Phi) is 3.77. The van der Waals surface area contributed by atoms with Gasteiger partial charge in [0.1, 0.15) is 5.82 Å². The van der Waals surface area contributed by atoms with Crippen LogP contribution in [0.1, 0.15) is 12.0 Å². The number of fused-ring (bicyclic) bond motifs is 1. The molecule has 1 saturated carbocycles. The minimum absolute atomic E-state index is 0.157. The van der Waals surface area contributed by atoms with Crippen LogP contribution in [0, 0.1) is 30.1 Å². The normalized spacial score (nSPS) is 18.3. The van der Waals surface area contributed by atoms with Crippen LogP contribution >= 0.6 is 0 Å². The van der Waals surface area contributed by atoms with E-state index in [1.807, 2.05) is 31.2 Å². The Hall–Kier alpha value is -3.46. The Bertz CT molecular complexity index is 1060. The molecule has 0 bridgehead atoms. The van der Waals surface area contributed by atoms with Crippen molar-refractivity contribution in [1.29, 1.82) is 5.26 Å². The summed E-state index contributed by atoms with van der Waals surface area (Å²) in [6, 6.07) is 9.83. The number of rotatable bonds is 3. The predicted molar refractivity (Wildman–Crippen MR) is 100.0 cm³/mol. The van der Waals surface area contributed by atoms with Gasteiger partial charge in [-0.2, -0.15) is 5.26 Å². The summed E-state index contributed by atoms with van der Waals surface area (Å²) in [6.07, 6.45) is 5.82. The number of benzene rings is 1. The van der Waals surface area contributed by atoms with Gasteiger partial charge in [-0.15, -0.1) is 0 Å². The number of nitrogen functional groups attached to an aromatic ring is 1. The topological polar surface area (TPSA) is 105 Å². The smallest absolute Gasteiger partial charge is 0.230 e. The lowest BCUT2D eigenvalue weighted by molar-refractivity contribution is -0.117. The molecule has 0 aliphatic heterocycles. The minimum Gasteiger partial charge on any atom is -0.398 e. The lowest BCUT2D eigenvalue weighted by atomic mass is 9.96. The van der Waals surface area contributed by atoms with Gasteiger partial charge in [0.25, 0.3) is 0 Å². The van der Waals surface area contributed by atoms with E-state index < -0.39 is 0 Å². The molecule has 6 nitrogen and oxygen atoms in total. The van der Waals surface area contributed by atoms with Gasteiger partial charge in [0.15, 0.2) is 0 Å². The molecule has 1 amide bonds. The Morgan fingerprint density at radius 2 is 2.23 bits per heavy atom. The lowest BCUT2D eigenvalue weighted by Gasteiger charge is -2.13. The molecule has 1 fully saturated rings. The molecule has 128 valence electrons. The Morgan fingerprint density at radius 1 is 1.38 bits per heavy atom. The van der Waals surface area contributed by atoms with Crippen molar-refractivity contribution >= 4 is 28.2 Å². The number of nitrogens with zero attached hydrogens (tertiary/aromatic N) is 3. The first-order chi connectivity index (χ1) is 12.6. The molecule has 26 heavy (non-hydrogen) atoms. The molecule has 3 N–H and O–H groups in total. The molecule has 2 atom stereocenters. The van der Waals surface area contributed by atoms with Gasteiger partial charge in [0.2, 0.25) is 5.91 Å². The van der Waals surface area contributed by atoms with Gasteiger partial charge in [-0.1, -0.05) is 6.07 Å². The molecule has 0 radical (unpaired) electrons. The standard InChI is InChI=1S/C20H17N5O/c1-11-15(12-3-2-4-23-9-12)5-13-7-18(24-10-17(13)19(11)22)25-20(26)16-6-14(16)8-21/h2-5,7,9-10,14,16H,6,22H2,1H3,(H,24,25,26). The Morgan fingerprint density at radius 3 is 2.92 bits per heavy atom. The van der Waals surface area contributed by atoms with Gasteiger partial charge in [-0.25, -0.2) is 4.98 Å². The molecule has 6 heteroatoms. The molecule has 0 saturated heterocycles. The second kappa shape index (κ2) is 6.12. The zero-order valence-corrected chi connectivity index (χ0v) is 14.2. The lowest BCUT2D eigenvalue weighted by Crippen LogP contribution is -2.15. The number of hydrogen-bond acceptors (Lipinski definition) is 5. The molecule has 3 aromatic rings. The maximum Gasteiger partial charge on any atom is 0.230 e. The second-order valence-corrected chi connectivity index (χ2v) is 6.56. The number of nitrogens with one attached hydrogen (secondary N) is 1. The largest absolute Gasteiger partial charge is 0.398 e. The van der Waals surface area contributed by atoms with E-state index in [1.54, 1.807) is 18.6 Å². The van der Waals surface area contributed by atoms with Crippen LogP contribution in [0.5, 0.6) is 0 Å². The Labute approximate surface area is 150 Å². The molecule has 2 unspecified atom stereocenters. The first-order valence-electron chi connectivity index (χ1n) is 8.38. The number of carbonyl (C=O) groups excluding carboxylic acids is 1. The van der Waals surface area contributed by atoms with Gasteiger partial charge < -0.3 is 11.1 Å². The van der Waals surface area contributed by atoms with Crippen molar-refractivity contribution < 1.29 is 4.79 Å².